The number of ether oxygens (including phenoxy) is 1. The maximum absolute atomic E-state index is 13.6. The van der Waals surface area contributed by atoms with Gasteiger partial charge in [-0.3, -0.25) is 5.41 Å². The molecule has 0 radical (unpaired) electrons. The lowest BCUT2D eigenvalue weighted by Crippen LogP contribution is -2.20. The molecule has 0 amide bonds. The van der Waals surface area contributed by atoms with Crippen LogP contribution < -0.4 is 0 Å². The first-order valence-electron chi connectivity index (χ1n) is 5.75. The first-order valence-corrected chi connectivity index (χ1v) is 5.75. The van der Waals surface area contributed by atoms with Crippen LogP contribution in [0.15, 0.2) is 35.6 Å². The Labute approximate surface area is 111 Å². The predicted molar refractivity (Wildman–Crippen MR) is 69.7 cm³/mol. The molecule has 1 aromatic rings. The van der Waals surface area contributed by atoms with Gasteiger partial charge >= 0.3 is 5.97 Å². The minimum Gasteiger partial charge on any atom is -0.511 e. The Hall–Kier alpha value is -2.17. The van der Waals surface area contributed by atoms with Gasteiger partial charge in [0.05, 0.1) is 12.8 Å². The van der Waals surface area contributed by atoms with Crippen molar-refractivity contribution < 1.29 is 19.0 Å². The van der Waals surface area contributed by atoms with Crippen LogP contribution in [0, 0.1) is 17.1 Å². The number of hydrogen-bond donors (Lipinski definition) is 2. The summed E-state index contributed by atoms with van der Waals surface area (Å²) in [7, 11) is 1.14. The number of carbonyl (C=O) groups excluding carboxylic acids is 1. The molecule has 0 aromatic heterocycles. The number of nitrogens with one attached hydrogen (secondary N) is 1. The first kappa shape index (κ1) is 14.9. The highest BCUT2D eigenvalue weighted by atomic mass is 19.1. The standard InChI is InChI=1S/C14H16FNO3/c1-8(2)13(17)11(14(18)19-3)12(16)9-6-4-5-7-10(9)15/h4-8,16-17H,1-3H3. The van der Waals surface area contributed by atoms with Crippen molar-refractivity contribution in [2.45, 2.75) is 13.8 Å². The van der Waals surface area contributed by atoms with Gasteiger partial charge in [-0.05, 0) is 12.1 Å². The quantitative estimate of drug-likeness (QED) is 0.380. The van der Waals surface area contributed by atoms with E-state index < -0.39 is 17.5 Å². The molecule has 0 saturated heterocycles. The van der Waals surface area contributed by atoms with Crippen LogP contribution in [0.1, 0.15) is 19.4 Å². The molecule has 0 aliphatic rings. The predicted octanol–water partition coefficient (Wildman–Crippen LogP) is 2.83. The Kier molecular flexibility index (Phi) is 4.80. The zero-order valence-corrected chi connectivity index (χ0v) is 11.0. The Balaban J connectivity index is 3.36. The molecule has 0 bridgehead atoms. The van der Waals surface area contributed by atoms with Gasteiger partial charge in [-0.25, -0.2) is 9.18 Å². The van der Waals surface area contributed by atoms with Gasteiger partial charge in [0.1, 0.15) is 17.1 Å². The Bertz CT molecular complexity index is 535. The summed E-state index contributed by atoms with van der Waals surface area (Å²) >= 11 is 0. The van der Waals surface area contributed by atoms with Crippen LogP contribution in [0.4, 0.5) is 4.39 Å². The average molecular weight is 265 g/mol. The molecule has 0 heterocycles. The zero-order chi connectivity index (χ0) is 14.6. The number of aliphatic hydroxyl groups is 1. The number of allylic oxidation sites excluding steroid dienone is 1. The Morgan fingerprint density at radius 1 is 1.37 bits per heavy atom. The summed E-state index contributed by atoms with van der Waals surface area (Å²) in [6.45, 7) is 3.32. The lowest BCUT2D eigenvalue weighted by Gasteiger charge is -2.13. The van der Waals surface area contributed by atoms with Crippen LogP contribution in [-0.2, 0) is 9.53 Å². The molecule has 102 valence electrons. The Morgan fingerprint density at radius 2 is 1.95 bits per heavy atom. The Morgan fingerprint density at radius 3 is 2.42 bits per heavy atom. The van der Waals surface area contributed by atoms with Gasteiger partial charge in [0.25, 0.3) is 0 Å². The van der Waals surface area contributed by atoms with Crippen LogP contribution in [0.2, 0.25) is 0 Å². The van der Waals surface area contributed by atoms with E-state index >= 15 is 0 Å². The summed E-state index contributed by atoms with van der Waals surface area (Å²) in [6, 6.07) is 5.59. The monoisotopic (exact) mass is 265 g/mol. The molecule has 0 saturated carbocycles. The van der Waals surface area contributed by atoms with E-state index in [4.69, 9.17) is 5.41 Å². The van der Waals surface area contributed by atoms with Crippen LogP contribution in [0.25, 0.3) is 0 Å². The van der Waals surface area contributed by atoms with E-state index in [1.54, 1.807) is 19.9 Å². The second-order valence-electron chi connectivity index (χ2n) is 4.26. The number of benzene rings is 1. The topological polar surface area (TPSA) is 70.4 Å². The smallest absolute Gasteiger partial charge is 0.343 e. The van der Waals surface area contributed by atoms with Gasteiger partial charge in [0.2, 0.25) is 0 Å². The van der Waals surface area contributed by atoms with Crippen LogP contribution in [0.5, 0.6) is 0 Å². The van der Waals surface area contributed by atoms with Crippen molar-refractivity contribution >= 4 is 11.7 Å². The van der Waals surface area contributed by atoms with E-state index in [0.717, 1.165) is 7.11 Å². The number of aliphatic hydroxyl groups excluding tert-OH is 1. The van der Waals surface area contributed by atoms with Crippen LogP contribution in [-0.4, -0.2) is 23.9 Å². The largest absolute Gasteiger partial charge is 0.511 e. The fourth-order valence-electron chi connectivity index (χ4n) is 1.52. The van der Waals surface area contributed by atoms with E-state index in [0.29, 0.717) is 0 Å². The van der Waals surface area contributed by atoms with Gasteiger partial charge < -0.3 is 9.84 Å². The fourth-order valence-corrected chi connectivity index (χ4v) is 1.52. The highest BCUT2D eigenvalue weighted by Gasteiger charge is 2.25. The fraction of sp³-hybridized carbons (Fsp3) is 0.286. The number of carbonyl (C=O) groups is 1. The molecular formula is C14H16FNO3. The molecule has 5 heteroatoms. The van der Waals surface area contributed by atoms with Gasteiger partial charge in [0, 0.05) is 11.5 Å². The molecule has 0 atom stereocenters. The van der Waals surface area contributed by atoms with Gasteiger partial charge in [-0.1, -0.05) is 26.0 Å². The second kappa shape index (κ2) is 6.13. The lowest BCUT2D eigenvalue weighted by molar-refractivity contribution is -0.135. The van der Waals surface area contributed by atoms with Gasteiger partial charge in [-0.2, -0.15) is 0 Å². The average Bonchev–Trinajstić information content (AvgIpc) is 2.38. The maximum Gasteiger partial charge on any atom is 0.343 e. The summed E-state index contributed by atoms with van der Waals surface area (Å²) in [4.78, 5) is 11.7. The molecule has 0 aliphatic carbocycles. The molecule has 19 heavy (non-hydrogen) atoms. The van der Waals surface area contributed by atoms with E-state index in [1.165, 1.54) is 18.2 Å². The first-order chi connectivity index (χ1) is 8.90. The molecule has 0 aliphatic heterocycles. The van der Waals surface area contributed by atoms with Crippen molar-refractivity contribution in [3.05, 3.63) is 47.0 Å². The van der Waals surface area contributed by atoms with Crippen molar-refractivity contribution in [3.63, 3.8) is 0 Å². The lowest BCUT2D eigenvalue weighted by atomic mass is 9.97. The number of halogens is 1. The number of rotatable bonds is 4. The third-order valence-electron chi connectivity index (χ3n) is 2.59. The normalized spacial score (nSPS) is 12.1. The van der Waals surface area contributed by atoms with Crippen molar-refractivity contribution in [2.24, 2.45) is 5.92 Å². The third-order valence-corrected chi connectivity index (χ3v) is 2.59. The molecule has 4 nitrogen and oxygen atoms in total. The summed E-state index contributed by atoms with van der Waals surface area (Å²) in [6.07, 6.45) is 0. The number of esters is 1. The highest BCUT2D eigenvalue weighted by molar-refractivity contribution is 6.25. The summed E-state index contributed by atoms with van der Waals surface area (Å²) in [5.74, 6) is -2.16. The molecule has 1 rings (SSSR count). The summed E-state index contributed by atoms with van der Waals surface area (Å²) in [5, 5.41) is 17.9. The van der Waals surface area contributed by atoms with E-state index in [-0.39, 0.29) is 22.8 Å². The molecule has 1 aromatic carbocycles. The molecule has 2 N–H and O–H groups in total. The van der Waals surface area contributed by atoms with Gasteiger partial charge in [0.15, 0.2) is 0 Å². The van der Waals surface area contributed by atoms with Gasteiger partial charge in [-0.15, -0.1) is 0 Å². The molecular weight excluding hydrogens is 249 g/mol. The van der Waals surface area contributed by atoms with Crippen molar-refractivity contribution in [3.8, 4) is 0 Å². The SMILES string of the molecule is COC(=O)C(C(=N)c1ccccc1F)=C(O)C(C)C. The number of methoxy groups -OCH3 is 1. The maximum atomic E-state index is 13.6. The van der Waals surface area contributed by atoms with Crippen molar-refractivity contribution in [2.75, 3.05) is 7.11 Å². The zero-order valence-electron chi connectivity index (χ0n) is 11.0. The molecule has 0 fully saturated rings. The van der Waals surface area contributed by atoms with Crippen molar-refractivity contribution in [1.29, 1.82) is 5.41 Å². The van der Waals surface area contributed by atoms with Crippen molar-refractivity contribution in [1.82, 2.24) is 0 Å². The number of hydrogen-bond acceptors (Lipinski definition) is 4. The summed E-state index contributed by atoms with van der Waals surface area (Å²) in [5.41, 5.74) is -0.770. The van der Waals surface area contributed by atoms with Crippen LogP contribution in [0.3, 0.4) is 0 Å². The van der Waals surface area contributed by atoms with E-state index in [9.17, 15) is 14.3 Å². The minimum atomic E-state index is -0.862. The summed E-state index contributed by atoms with van der Waals surface area (Å²) < 4.78 is 18.2. The third kappa shape index (κ3) is 3.19. The van der Waals surface area contributed by atoms with E-state index in [2.05, 4.69) is 4.74 Å². The second-order valence-corrected chi connectivity index (χ2v) is 4.26. The molecule has 0 spiro atoms. The molecule has 0 unspecified atom stereocenters. The van der Waals surface area contributed by atoms with Crippen LogP contribution >= 0.6 is 0 Å². The highest BCUT2D eigenvalue weighted by Crippen LogP contribution is 2.19. The minimum absolute atomic E-state index is 0.0601. The van der Waals surface area contributed by atoms with E-state index in [1.807, 2.05) is 0 Å².